The Kier molecular flexibility index (Phi) is 5.55. The highest BCUT2D eigenvalue weighted by Gasteiger charge is 2.38. The molecule has 170 valence electrons. The van der Waals surface area contributed by atoms with E-state index in [4.69, 9.17) is 11.6 Å². The first-order valence-electron chi connectivity index (χ1n) is 10.9. The molecule has 0 amide bonds. The van der Waals surface area contributed by atoms with Crippen LogP contribution in [-0.4, -0.2) is 38.7 Å². The van der Waals surface area contributed by atoms with Crippen LogP contribution in [-0.2, 0) is 12.6 Å². The van der Waals surface area contributed by atoms with Gasteiger partial charge in [0.1, 0.15) is 11.6 Å². The molecule has 3 heterocycles. The summed E-state index contributed by atoms with van der Waals surface area (Å²) in [5.74, 6) is 1.23. The molecule has 1 unspecified atom stereocenters. The van der Waals surface area contributed by atoms with Crippen LogP contribution in [0.5, 0.6) is 0 Å². The Morgan fingerprint density at radius 1 is 0.912 bits per heavy atom. The fourth-order valence-electron chi connectivity index (χ4n) is 4.23. The van der Waals surface area contributed by atoms with Crippen molar-refractivity contribution < 1.29 is 5.11 Å². The monoisotopic (exact) mass is 469 g/mol. The lowest BCUT2D eigenvalue weighted by atomic mass is 9.85. The van der Waals surface area contributed by atoms with Crippen LogP contribution < -0.4 is 4.90 Å². The van der Waals surface area contributed by atoms with Crippen LogP contribution in [0.1, 0.15) is 17.0 Å². The van der Waals surface area contributed by atoms with Gasteiger partial charge in [0.2, 0.25) is 0 Å². The van der Waals surface area contributed by atoms with E-state index in [2.05, 4.69) is 15.0 Å². The zero-order valence-corrected chi connectivity index (χ0v) is 19.9. The number of fused-ring (bicyclic) bond motifs is 1. The zero-order valence-electron chi connectivity index (χ0n) is 19.1. The summed E-state index contributed by atoms with van der Waals surface area (Å²) < 4.78 is 1.82. The number of aromatic nitrogens is 4. The summed E-state index contributed by atoms with van der Waals surface area (Å²) in [7, 11) is 5.70. The summed E-state index contributed by atoms with van der Waals surface area (Å²) in [6, 6.07) is 19.3. The van der Waals surface area contributed by atoms with Crippen LogP contribution in [0.4, 0.5) is 5.82 Å². The second-order valence-corrected chi connectivity index (χ2v) is 8.83. The van der Waals surface area contributed by atoms with E-state index in [1.807, 2.05) is 97.5 Å². The van der Waals surface area contributed by atoms with E-state index in [0.717, 1.165) is 27.8 Å². The minimum atomic E-state index is -1.54. The minimum absolute atomic E-state index is 0.492. The number of rotatable bonds is 5. The van der Waals surface area contributed by atoms with Crippen molar-refractivity contribution in [3.63, 3.8) is 0 Å². The molecule has 5 aromatic rings. The molecule has 0 fully saturated rings. The maximum atomic E-state index is 12.3. The van der Waals surface area contributed by atoms with E-state index in [1.165, 1.54) is 0 Å². The standard InChI is InChI=1S/C27H24ClN5O/c1-32(2)24-16-20(11-12-29-24)27(34,26-30-13-14-33(26)3)19-9-10-23-21(15-19)25(28)22(17-31-23)18-7-5-4-6-8-18/h4-17,34H,1-3H3. The van der Waals surface area contributed by atoms with Gasteiger partial charge in [0, 0.05) is 62.4 Å². The third-order valence-electron chi connectivity index (χ3n) is 6.07. The normalized spacial score (nSPS) is 13.1. The molecule has 34 heavy (non-hydrogen) atoms. The van der Waals surface area contributed by atoms with Gasteiger partial charge in [-0.3, -0.25) is 4.98 Å². The summed E-state index contributed by atoms with van der Waals surface area (Å²) in [4.78, 5) is 15.5. The number of halogens is 1. The number of hydrogen-bond donors (Lipinski definition) is 1. The van der Waals surface area contributed by atoms with Gasteiger partial charge in [0.15, 0.2) is 5.60 Å². The van der Waals surface area contributed by atoms with Gasteiger partial charge >= 0.3 is 0 Å². The molecule has 6 nitrogen and oxygen atoms in total. The van der Waals surface area contributed by atoms with Crippen molar-refractivity contribution in [1.29, 1.82) is 0 Å². The second kappa shape index (κ2) is 8.56. The number of hydrogen-bond acceptors (Lipinski definition) is 5. The molecule has 1 atom stereocenters. The smallest absolute Gasteiger partial charge is 0.173 e. The summed E-state index contributed by atoms with van der Waals surface area (Å²) in [5, 5.41) is 13.7. The Morgan fingerprint density at radius 2 is 1.68 bits per heavy atom. The maximum Gasteiger partial charge on any atom is 0.173 e. The average Bonchev–Trinajstić information content (AvgIpc) is 3.30. The molecule has 0 radical (unpaired) electrons. The third kappa shape index (κ3) is 3.61. The molecular weight excluding hydrogens is 446 g/mol. The summed E-state index contributed by atoms with van der Waals surface area (Å²) in [5.41, 5.74) is 2.33. The van der Waals surface area contributed by atoms with Crippen molar-refractivity contribution >= 4 is 28.3 Å². The van der Waals surface area contributed by atoms with E-state index in [1.54, 1.807) is 18.6 Å². The molecule has 0 aliphatic carbocycles. The minimum Gasteiger partial charge on any atom is -0.373 e. The Balaban J connectivity index is 1.76. The lowest BCUT2D eigenvalue weighted by Crippen LogP contribution is -2.32. The SMILES string of the molecule is CN(C)c1cc(C(O)(c2ccc3ncc(-c4ccccc4)c(Cl)c3c2)c2nccn2C)ccn1. The first-order valence-corrected chi connectivity index (χ1v) is 11.3. The van der Waals surface area contributed by atoms with Crippen LogP contribution >= 0.6 is 11.6 Å². The van der Waals surface area contributed by atoms with Gasteiger partial charge in [0.25, 0.3) is 0 Å². The van der Waals surface area contributed by atoms with Crippen LogP contribution in [0, 0.1) is 0 Å². The van der Waals surface area contributed by atoms with Gasteiger partial charge in [0.05, 0.1) is 10.5 Å². The van der Waals surface area contributed by atoms with Gasteiger partial charge < -0.3 is 14.6 Å². The first-order chi connectivity index (χ1) is 16.4. The molecule has 0 bridgehead atoms. The molecule has 7 heteroatoms. The molecule has 3 aromatic heterocycles. The van der Waals surface area contributed by atoms with Crippen molar-refractivity contribution in [2.24, 2.45) is 7.05 Å². The van der Waals surface area contributed by atoms with Gasteiger partial charge in [-0.25, -0.2) is 9.97 Å². The Bertz CT molecular complexity index is 1480. The summed E-state index contributed by atoms with van der Waals surface area (Å²) in [6.07, 6.45) is 6.98. The number of anilines is 1. The lowest BCUT2D eigenvalue weighted by molar-refractivity contribution is 0.112. The summed E-state index contributed by atoms with van der Waals surface area (Å²) >= 11 is 6.91. The fourth-order valence-corrected chi connectivity index (χ4v) is 4.54. The van der Waals surface area contributed by atoms with E-state index in [0.29, 0.717) is 22.0 Å². The van der Waals surface area contributed by atoms with Crippen molar-refractivity contribution in [3.8, 4) is 11.1 Å². The molecule has 0 aliphatic rings. The largest absolute Gasteiger partial charge is 0.373 e. The molecule has 5 rings (SSSR count). The molecule has 0 saturated carbocycles. The van der Waals surface area contributed by atoms with E-state index >= 15 is 0 Å². The maximum absolute atomic E-state index is 12.3. The van der Waals surface area contributed by atoms with Crippen LogP contribution in [0.2, 0.25) is 5.02 Å². The number of imidazole rings is 1. The van der Waals surface area contributed by atoms with Gasteiger partial charge in [-0.1, -0.05) is 48.0 Å². The Hall–Kier alpha value is -3.74. The second-order valence-electron chi connectivity index (χ2n) is 8.45. The quantitative estimate of drug-likeness (QED) is 0.391. The van der Waals surface area contributed by atoms with Crippen LogP contribution in [0.15, 0.2) is 85.5 Å². The number of aliphatic hydroxyl groups is 1. The van der Waals surface area contributed by atoms with Crippen molar-refractivity contribution in [3.05, 3.63) is 107 Å². The summed E-state index contributed by atoms with van der Waals surface area (Å²) in [6.45, 7) is 0. The number of benzene rings is 2. The molecular formula is C27H24ClN5O. The predicted molar refractivity (Wildman–Crippen MR) is 136 cm³/mol. The van der Waals surface area contributed by atoms with Gasteiger partial charge in [-0.15, -0.1) is 0 Å². The molecule has 1 N–H and O–H groups in total. The van der Waals surface area contributed by atoms with E-state index < -0.39 is 5.60 Å². The molecule has 0 aliphatic heterocycles. The van der Waals surface area contributed by atoms with Crippen molar-refractivity contribution in [1.82, 2.24) is 19.5 Å². The highest BCUT2D eigenvalue weighted by Crippen LogP contribution is 2.40. The number of nitrogens with zero attached hydrogens (tertiary/aromatic N) is 5. The lowest BCUT2D eigenvalue weighted by Gasteiger charge is -2.30. The van der Waals surface area contributed by atoms with Crippen LogP contribution in [0.3, 0.4) is 0 Å². The fraction of sp³-hybridized carbons (Fsp3) is 0.148. The van der Waals surface area contributed by atoms with E-state index in [-0.39, 0.29) is 0 Å². The van der Waals surface area contributed by atoms with Crippen LogP contribution in [0.25, 0.3) is 22.0 Å². The van der Waals surface area contributed by atoms with Gasteiger partial charge in [-0.05, 0) is 35.4 Å². The zero-order chi connectivity index (χ0) is 23.9. The highest BCUT2D eigenvalue weighted by molar-refractivity contribution is 6.38. The predicted octanol–water partition coefficient (Wildman–Crippen LogP) is 5.03. The Labute approximate surface area is 203 Å². The van der Waals surface area contributed by atoms with Crippen molar-refractivity contribution in [2.75, 3.05) is 19.0 Å². The molecule has 2 aromatic carbocycles. The molecule has 0 spiro atoms. The molecule has 0 saturated heterocycles. The highest BCUT2D eigenvalue weighted by atomic mass is 35.5. The van der Waals surface area contributed by atoms with Gasteiger partial charge in [-0.2, -0.15) is 0 Å². The number of aryl methyl sites for hydroxylation is 1. The van der Waals surface area contributed by atoms with Crippen molar-refractivity contribution in [2.45, 2.75) is 5.60 Å². The third-order valence-corrected chi connectivity index (χ3v) is 6.48. The topological polar surface area (TPSA) is 67.1 Å². The first kappa shape index (κ1) is 22.1. The van der Waals surface area contributed by atoms with E-state index in [9.17, 15) is 5.11 Å². The number of pyridine rings is 2. The average molecular weight is 470 g/mol. The Morgan fingerprint density at radius 3 is 2.38 bits per heavy atom.